The summed E-state index contributed by atoms with van der Waals surface area (Å²) in [5, 5.41) is 2.99. The van der Waals surface area contributed by atoms with E-state index in [9.17, 15) is 4.79 Å². The third-order valence-electron chi connectivity index (χ3n) is 6.99. The Kier molecular flexibility index (Phi) is 8.90. The lowest BCUT2D eigenvalue weighted by Crippen LogP contribution is -2.32. The predicted molar refractivity (Wildman–Crippen MR) is 144 cm³/mol. The molecule has 0 saturated carbocycles. The number of rotatable bonds is 10. The van der Waals surface area contributed by atoms with Crippen LogP contribution in [0, 0.1) is 0 Å². The van der Waals surface area contributed by atoms with Gasteiger partial charge in [0.15, 0.2) is 23.0 Å². The van der Waals surface area contributed by atoms with Crippen molar-refractivity contribution in [2.45, 2.75) is 31.8 Å². The molecule has 1 aliphatic rings. The zero-order chi connectivity index (χ0) is 26.2. The predicted octanol–water partition coefficient (Wildman–Crippen LogP) is 5.03. The Morgan fingerprint density at radius 1 is 0.757 bits per heavy atom. The van der Waals surface area contributed by atoms with Crippen molar-refractivity contribution in [1.29, 1.82) is 0 Å². The van der Waals surface area contributed by atoms with Crippen molar-refractivity contribution in [1.82, 2.24) is 10.2 Å². The van der Waals surface area contributed by atoms with Crippen LogP contribution in [0.2, 0.25) is 0 Å². The van der Waals surface area contributed by atoms with Crippen LogP contribution in [-0.4, -0.2) is 52.3 Å². The number of piperidine rings is 1. The van der Waals surface area contributed by atoms with Gasteiger partial charge >= 0.3 is 0 Å². The van der Waals surface area contributed by atoms with Crippen LogP contribution in [0.4, 0.5) is 0 Å². The number of carbonyl (C=O) groups is 1. The lowest BCUT2D eigenvalue weighted by molar-refractivity contribution is 0.0950. The molecule has 7 heteroatoms. The highest BCUT2D eigenvalue weighted by molar-refractivity contribution is 5.94. The van der Waals surface area contributed by atoms with Crippen molar-refractivity contribution in [2.24, 2.45) is 0 Å². The molecule has 1 heterocycles. The first-order chi connectivity index (χ1) is 18.0. The SMILES string of the molecule is COc1ccc(CN2CCC(c3ccc(CNC(=O)c4ccc(OC)c(OC)c4)cc3)CC2)cc1OC. The van der Waals surface area contributed by atoms with E-state index in [2.05, 4.69) is 46.6 Å². The number of nitrogens with zero attached hydrogens (tertiary/aromatic N) is 1. The highest BCUT2D eigenvalue weighted by Gasteiger charge is 2.21. The smallest absolute Gasteiger partial charge is 0.251 e. The first kappa shape index (κ1) is 26.4. The standard InChI is InChI=1S/C30H36N2O5/c1-34-26-11-7-22(17-28(26)36-3)20-32-15-13-24(14-16-32)23-8-5-21(6-9-23)19-31-30(33)25-10-12-27(35-2)29(18-25)37-4/h5-12,17-18,24H,13-16,19-20H2,1-4H3,(H,31,33). The second kappa shape index (κ2) is 12.5. The summed E-state index contributed by atoms with van der Waals surface area (Å²) in [7, 11) is 6.46. The Morgan fingerprint density at radius 2 is 1.32 bits per heavy atom. The molecule has 1 saturated heterocycles. The van der Waals surface area contributed by atoms with Gasteiger partial charge in [-0.1, -0.05) is 30.3 Å². The van der Waals surface area contributed by atoms with E-state index >= 15 is 0 Å². The maximum Gasteiger partial charge on any atom is 0.251 e. The molecule has 0 aliphatic carbocycles. The average molecular weight is 505 g/mol. The largest absolute Gasteiger partial charge is 0.493 e. The molecule has 3 aromatic carbocycles. The first-order valence-corrected chi connectivity index (χ1v) is 12.6. The number of nitrogens with one attached hydrogen (secondary N) is 1. The van der Waals surface area contributed by atoms with Gasteiger partial charge in [0.1, 0.15) is 0 Å². The summed E-state index contributed by atoms with van der Waals surface area (Å²) in [4.78, 5) is 15.1. The van der Waals surface area contributed by atoms with Crippen LogP contribution in [-0.2, 0) is 13.1 Å². The number of ether oxygens (including phenoxy) is 4. The van der Waals surface area contributed by atoms with Gasteiger partial charge in [-0.25, -0.2) is 0 Å². The summed E-state index contributed by atoms with van der Waals surface area (Å²) in [6, 6.07) is 19.9. The fraction of sp³-hybridized carbons (Fsp3) is 0.367. The Bertz CT molecular complexity index is 1190. The van der Waals surface area contributed by atoms with Crippen LogP contribution in [0.15, 0.2) is 60.7 Å². The number of likely N-dealkylation sites (tertiary alicyclic amines) is 1. The van der Waals surface area contributed by atoms with E-state index in [0.717, 1.165) is 49.5 Å². The zero-order valence-electron chi connectivity index (χ0n) is 22.1. The van der Waals surface area contributed by atoms with Crippen LogP contribution in [0.3, 0.4) is 0 Å². The van der Waals surface area contributed by atoms with Crippen LogP contribution in [0.1, 0.15) is 45.8 Å². The minimum absolute atomic E-state index is 0.146. The maximum absolute atomic E-state index is 12.6. The molecule has 3 aromatic rings. The summed E-state index contributed by atoms with van der Waals surface area (Å²) in [6.07, 6.45) is 2.26. The van der Waals surface area contributed by atoms with E-state index in [0.29, 0.717) is 29.5 Å². The second-order valence-corrected chi connectivity index (χ2v) is 9.23. The van der Waals surface area contributed by atoms with Crippen molar-refractivity contribution < 1.29 is 23.7 Å². The van der Waals surface area contributed by atoms with E-state index in [1.165, 1.54) is 11.1 Å². The van der Waals surface area contributed by atoms with Gasteiger partial charge in [-0.2, -0.15) is 0 Å². The van der Waals surface area contributed by atoms with Gasteiger partial charge in [0.05, 0.1) is 28.4 Å². The molecule has 196 valence electrons. The minimum atomic E-state index is -0.146. The molecule has 1 aliphatic heterocycles. The third-order valence-corrected chi connectivity index (χ3v) is 6.99. The number of methoxy groups -OCH3 is 4. The van der Waals surface area contributed by atoms with E-state index in [1.807, 2.05) is 6.07 Å². The van der Waals surface area contributed by atoms with Crippen molar-refractivity contribution in [3.8, 4) is 23.0 Å². The van der Waals surface area contributed by atoms with Gasteiger partial charge in [-0.05, 0) is 78.9 Å². The number of hydrogen-bond donors (Lipinski definition) is 1. The molecule has 1 amide bonds. The highest BCUT2D eigenvalue weighted by Crippen LogP contribution is 2.31. The lowest BCUT2D eigenvalue weighted by atomic mass is 9.89. The van der Waals surface area contributed by atoms with Gasteiger partial charge in [-0.15, -0.1) is 0 Å². The molecule has 0 atom stereocenters. The summed E-state index contributed by atoms with van der Waals surface area (Å²) >= 11 is 0. The number of amides is 1. The van der Waals surface area contributed by atoms with Crippen molar-refractivity contribution in [3.63, 3.8) is 0 Å². The van der Waals surface area contributed by atoms with E-state index in [1.54, 1.807) is 46.6 Å². The number of carbonyl (C=O) groups excluding carboxylic acids is 1. The fourth-order valence-electron chi connectivity index (χ4n) is 4.83. The molecule has 7 nitrogen and oxygen atoms in total. The highest BCUT2D eigenvalue weighted by atomic mass is 16.5. The topological polar surface area (TPSA) is 69.3 Å². The zero-order valence-corrected chi connectivity index (χ0v) is 22.1. The second-order valence-electron chi connectivity index (χ2n) is 9.23. The molecule has 1 fully saturated rings. The molecular formula is C30H36N2O5. The molecule has 0 bridgehead atoms. The summed E-state index contributed by atoms with van der Waals surface area (Å²) in [5.74, 6) is 3.07. The van der Waals surface area contributed by atoms with E-state index in [4.69, 9.17) is 18.9 Å². The molecule has 1 N–H and O–H groups in total. The summed E-state index contributed by atoms with van der Waals surface area (Å²) in [6.45, 7) is 3.49. The summed E-state index contributed by atoms with van der Waals surface area (Å²) < 4.78 is 21.3. The minimum Gasteiger partial charge on any atom is -0.493 e. The van der Waals surface area contributed by atoms with Crippen molar-refractivity contribution >= 4 is 5.91 Å². The Labute approximate surface area is 219 Å². The maximum atomic E-state index is 12.6. The van der Waals surface area contributed by atoms with Crippen LogP contribution in [0.25, 0.3) is 0 Å². The normalized spacial score (nSPS) is 14.2. The quantitative estimate of drug-likeness (QED) is 0.418. The Hall–Kier alpha value is -3.71. The average Bonchev–Trinajstić information content (AvgIpc) is 2.96. The van der Waals surface area contributed by atoms with Crippen LogP contribution >= 0.6 is 0 Å². The van der Waals surface area contributed by atoms with Crippen molar-refractivity contribution in [2.75, 3.05) is 41.5 Å². The van der Waals surface area contributed by atoms with E-state index in [-0.39, 0.29) is 5.91 Å². The van der Waals surface area contributed by atoms with Crippen LogP contribution < -0.4 is 24.3 Å². The number of benzene rings is 3. The van der Waals surface area contributed by atoms with Gasteiger partial charge in [0.2, 0.25) is 0 Å². The van der Waals surface area contributed by atoms with E-state index < -0.39 is 0 Å². The summed E-state index contributed by atoms with van der Waals surface area (Å²) in [5.41, 5.74) is 4.20. The lowest BCUT2D eigenvalue weighted by Gasteiger charge is -2.32. The van der Waals surface area contributed by atoms with Crippen LogP contribution in [0.5, 0.6) is 23.0 Å². The number of hydrogen-bond acceptors (Lipinski definition) is 6. The molecule has 0 radical (unpaired) electrons. The molecule has 37 heavy (non-hydrogen) atoms. The first-order valence-electron chi connectivity index (χ1n) is 12.6. The third kappa shape index (κ3) is 6.54. The van der Waals surface area contributed by atoms with Gasteiger partial charge < -0.3 is 24.3 Å². The molecule has 0 spiro atoms. The molecule has 0 aromatic heterocycles. The molecule has 0 unspecified atom stereocenters. The van der Waals surface area contributed by atoms with Gasteiger partial charge in [-0.3, -0.25) is 9.69 Å². The molecular weight excluding hydrogens is 468 g/mol. The van der Waals surface area contributed by atoms with Gasteiger partial charge in [0, 0.05) is 18.7 Å². The fourth-order valence-corrected chi connectivity index (χ4v) is 4.83. The Balaban J connectivity index is 1.27. The Morgan fingerprint density at radius 3 is 1.95 bits per heavy atom. The van der Waals surface area contributed by atoms with Crippen molar-refractivity contribution in [3.05, 3.63) is 82.9 Å². The molecule has 4 rings (SSSR count). The van der Waals surface area contributed by atoms with Gasteiger partial charge in [0.25, 0.3) is 5.91 Å². The monoisotopic (exact) mass is 504 g/mol.